The number of likely N-dealkylation sites (N-methyl/N-ethyl adjacent to an activating group) is 1. The number of hydrogen-bond donors (Lipinski definition) is 0. The van der Waals surface area contributed by atoms with Crippen LogP contribution in [0.25, 0.3) is 6.08 Å². The minimum atomic E-state index is -0.584. The molecular formula is C27H28ClN3O3S. The Balaban J connectivity index is 1.89. The maximum absolute atomic E-state index is 13.7. The first-order chi connectivity index (χ1) is 16.9. The molecule has 0 unspecified atom stereocenters. The molecule has 0 aliphatic carbocycles. The predicted octanol–water partition coefficient (Wildman–Crippen LogP) is 4.16. The number of thiazole rings is 1. The number of carbonyl (C=O) groups excluding carboxylic acids is 1. The van der Waals surface area contributed by atoms with Crippen molar-refractivity contribution in [2.75, 3.05) is 19.7 Å². The molecule has 1 aliphatic heterocycles. The summed E-state index contributed by atoms with van der Waals surface area (Å²) in [7, 11) is 0. The molecule has 1 aliphatic rings. The highest BCUT2D eigenvalue weighted by atomic mass is 35.5. The lowest BCUT2D eigenvalue weighted by Gasteiger charge is -2.29. The van der Waals surface area contributed by atoms with Crippen LogP contribution in [-0.4, -0.2) is 35.1 Å². The zero-order chi connectivity index (χ0) is 25.1. The number of nitrogens with zero attached hydrogens (tertiary/aromatic N) is 3. The zero-order valence-electron chi connectivity index (χ0n) is 20.2. The third kappa shape index (κ3) is 4.97. The van der Waals surface area contributed by atoms with E-state index in [1.165, 1.54) is 11.3 Å². The van der Waals surface area contributed by atoms with Crippen LogP contribution in [0.5, 0.6) is 5.75 Å². The van der Waals surface area contributed by atoms with Gasteiger partial charge >= 0.3 is 0 Å². The van der Waals surface area contributed by atoms with E-state index in [1.54, 1.807) is 21.6 Å². The van der Waals surface area contributed by atoms with E-state index in [2.05, 4.69) is 0 Å². The molecule has 182 valence electrons. The van der Waals surface area contributed by atoms with E-state index in [-0.39, 0.29) is 11.5 Å². The number of halogens is 1. The summed E-state index contributed by atoms with van der Waals surface area (Å²) < 4.78 is 7.70. The van der Waals surface area contributed by atoms with Crippen LogP contribution >= 0.6 is 22.9 Å². The van der Waals surface area contributed by atoms with E-state index < -0.39 is 6.04 Å². The Labute approximate surface area is 213 Å². The van der Waals surface area contributed by atoms with Gasteiger partial charge in [0.15, 0.2) is 4.80 Å². The zero-order valence-corrected chi connectivity index (χ0v) is 21.8. The Hall–Kier alpha value is -3.16. The number of amides is 1. The van der Waals surface area contributed by atoms with Gasteiger partial charge < -0.3 is 9.64 Å². The van der Waals surface area contributed by atoms with E-state index in [9.17, 15) is 9.59 Å². The van der Waals surface area contributed by atoms with Gasteiger partial charge in [-0.05, 0) is 69.2 Å². The van der Waals surface area contributed by atoms with Crippen molar-refractivity contribution in [3.63, 3.8) is 0 Å². The number of fused-ring (bicyclic) bond motifs is 1. The fourth-order valence-electron chi connectivity index (χ4n) is 4.22. The first kappa shape index (κ1) is 24.9. The minimum absolute atomic E-state index is 0.114. The van der Waals surface area contributed by atoms with Crippen LogP contribution in [-0.2, 0) is 4.79 Å². The molecule has 0 spiro atoms. The maximum Gasteiger partial charge on any atom is 0.271 e. The van der Waals surface area contributed by atoms with Crippen LogP contribution in [0.3, 0.4) is 0 Å². The maximum atomic E-state index is 13.7. The fraction of sp³-hybridized carbons (Fsp3) is 0.296. The van der Waals surface area contributed by atoms with Crippen molar-refractivity contribution in [2.45, 2.75) is 33.7 Å². The molecule has 3 aromatic rings. The Kier molecular flexibility index (Phi) is 7.57. The molecular weight excluding hydrogens is 482 g/mol. The van der Waals surface area contributed by atoms with Gasteiger partial charge in [0.1, 0.15) is 5.75 Å². The van der Waals surface area contributed by atoms with Crippen molar-refractivity contribution in [1.29, 1.82) is 0 Å². The van der Waals surface area contributed by atoms with Crippen LogP contribution in [0.4, 0.5) is 0 Å². The largest absolute Gasteiger partial charge is 0.494 e. The molecule has 4 rings (SSSR count). The summed E-state index contributed by atoms with van der Waals surface area (Å²) in [6, 6.07) is 14.3. The van der Waals surface area contributed by atoms with Gasteiger partial charge in [-0.15, -0.1) is 0 Å². The van der Waals surface area contributed by atoms with E-state index in [0.717, 1.165) is 16.9 Å². The highest BCUT2D eigenvalue weighted by Gasteiger charge is 2.34. The second-order valence-electron chi connectivity index (χ2n) is 8.11. The van der Waals surface area contributed by atoms with Crippen molar-refractivity contribution in [3.05, 3.63) is 95.6 Å². The van der Waals surface area contributed by atoms with Crippen LogP contribution in [0.1, 0.15) is 44.9 Å². The molecule has 1 atom stereocenters. The highest BCUT2D eigenvalue weighted by Crippen LogP contribution is 2.31. The molecule has 0 N–H and O–H groups in total. The van der Waals surface area contributed by atoms with Gasteiger partial charge in [0.05, 0.1) is 28.5 Å². The molecule has 6 nitrogen and oxygen atoms in total. The van der Waals surface area contributed by atoms with Gasteiger partial charge in [-0.3, -0.25) is 14.2 Å². The highest BCUT2D eigenvalue weighted by molar-refractivity contribution is 7.07. The third-order valence-electron chi connectivity index (χ3n) is 5.98. The summed E-state index contributed by atoms with van der Waals surface area (Å²) in [4.78, 5) is 34.3. The number of ether oxygens (including phenoxy) is 1. The lowest BCUT2D eigenvalue weighted by Crippen LogP contribution is -2.43. The predicted molar refractivity (Wildman–Crippen MR) is 141 cm³/mol. The molecule has 35 heavy (non-hydrogen) atoms. The first-order valence-electron chi connectivity index (χ1n) is 11.7. The number of hydrogen-bond acceptors (Lipinski definition) is 5. The molecule has 2 aromatic carbocycles. The molecule has 0 bridgehead atoms. The standard InChI is InChI=1S/C27H28ClN3O3S/c1-5-30(6-2)26(33)23-17(4)29-27-31(24(23)19-10-12-20(28)13-11-19)25(32)22(35-27)16-18-8-14-21(15-9-18)34-7-3/h8-16,24H,5-7H2,1-4H3/b22-16+/t24-/m1/s1. The lowest BCUT2D eigenvalue weighted by molar-refractivity contribution is -0.127. The average Bonchev–Trinajstić information content (AvgIpc) is 3.15. The number of carbonyl (C=O) groups is 1. The Bertz CT molecular complexity index is 1430. The molecule has 0 saturated heterocycles. The normalized spacial score (nSPS) is 15.6. The first-order valence-corrected chi connectivity index (χ1v) is 12.9. The summed E-state index contributed by atoms with van der Waals surface area (Å²) >= 11 is 7.47. The quantitative estimate of drug-likeness (QED) is 0.480. The third-order valence-corrected chi connectivity index (χ3v) is 7.21. The van der Waals surface area contributed by atoms with E-state index in [1.807, 2.05) is 70.2 Å². The second-order valence-corrected chi connectivity index (χ2v) is 9.56. The van der Waals surface area contributed by atoms with Crippen LogP contribution < -0.4 is 19.6 Å². The lowest BCUT2D eigenvalue weighted by atomic mass is 9.94. The van der Waals surface area contributed by atoms with Crippen molar-refractivity contribution in [3.8, 4) is 5.75 Å². The van der Waals surface area contributed by atoms with E-state index >= 15 is 0 Å². The molecule has 1 aromatic heterocycles. The van der Waals surface area contributed by atoms with Gasteiger partial charge in [-0.1, -0.05) is 47.2 Å². The van der Waals surface area contributed by atoms with Crippen molar-refractivity contribution >= 4 is 34.9 Å². The molecule has 1 amide bonds. The van der Waals surface area contributed by atoms with E-state index in [0.29, 0.717) is 45.3 Å². The number of benzene rings is 2. The van der Waals surface area contributed by atoms with E-state index in [4.69, 9.17) is 21.3 Å². The molecule has 0 saturated carbocycles. The monoisotopic (exact) mass is 509 g/mol. The summed E-state index contributed by atoms with van der Waals surface area (Å²) in [5, 5.41) is 0.592. The van der Waals surface area contributed by atoms with Gasteiger partial charge in [0.25, 0.3) is 11.5 Å². The van der Waals surface area contributed by atoms with Gasteiger partial charge in [0.2, 0.25) is 0 Å². The van der Waals surface area contributed by atoms with Gasteiger partial charge in [-0.25, -0.2) is 4.99 Å². The molecule has 2 heterocycles. The van der Waals surface area contributed by atoms with Crippen molar-refractivity contribution < 1.29 is 9.53 Å². The Morgan fingerprint density at radius 3 is 2.37 bits per heavy atom. The summed E-state index contributed by atoms with van der Waals surface area (Å²) in [5.41, 5.74) is 2.65. The van der Waals surface area contributed by atoms with Gasteiger partial charge in [0, 0.05) is 18.1 Å². The SMILES string of the molecule is CCOc1ccc(/C=c2/sc3n(c2=O)[C@H](c2ccc(Cl)cc2)C(C(=O)N(CC)CC)=C(C)N=3)cc1. The summed E-state index contributed by atoms with van der Waals surface area (Å²) in [6.45, 7) is 9.40. The molecule has 0 fully saturated rings. The minimum Gasteiger partial charge on any atom is -0.494 e. The van der Waals surface area contributed by atoms with Crippen LogP contribution in [0, 0.1) is 0 Å². The fourth-order valence-corrected chi connectivity index (χ4v) is 5.39. The molecule has 8 heteroatoms. The van der Waals surface area contributed by atoms with Crippen molar-refractivity contribution in [2.24, 2.45) is 4.99 Å². The van der Waals surface area contributed by atoms with Gasteiger partial charge in [-0.2, -0.15) is 0 Å². The molecule has 0 radical (unpaired) electrons. The Morgan fingerprint density at radius 2 is 1.77 bits per heavy atom. The summed E-state index contributed by atoms with van der Waals surface area (Å²) in [6.07, 6.45) is 1.85. The number of rotatable bonds is 7. The number of allylic oxidation sites excluding steroid dienone is 1. The van der Waals surface area contributed by atoms with Crippen LogP contribution in [0.15, 0.2) is 69.6 Å². The summed E-state index contributed by atoms with van der Waals surface area (Å²) in [5.74, 6) is 0.668. The van der Waals surface area contributed by atoms with Crippen LogP contribution in [0.2, 0.25) is 5.02 Å². The Morgan fingerprint density at radius 1 is 1.11 bits per heavy atom. The number of aromatic nitrogens is 1. The second kappa shape index (κ2) is 10.6. The topological polar surface area (TPSA) is 63.9 Å². The smallest absolute Gasteiger partial charge is 0.271 e. The average molecular weight is 510 g/mol. The van der Waals surface area contributed by atoms with Crippen molar-refractivity contribution in [1.82, 2.24) is 9.47 Å².